The molecule has 0 saturated carbocycles. The zero-order chi connectivity index (χ0) is 13.2. The van der Waals surface area contributed by atoms with Gasteiger partial charge in [0.2, 0.25) is 0 Å². The minimum atomic E-state index is 0.512. The SMILES string of the molecule is COc1ccc(-c2ncc3c(CN)cccn23)cc1. The highest BCUT2D eigenvalue weighted by Crippen LogP contribution is 2.23. The summed E-state index contributed by atoms with van der Waals surface area (Å²) in [4.78, 5) is 4.50. The molecule has 0 atom stereocenters. The maximum atomic E-state index is 5.74. The lowest BCUT2D eigenvalue weighted by Gasteiger charge is -2.05. The van der Waals surface area contributed by atoms with E-state index in [4.69, 9.17) is 10.5 Å². The molecule has 19 heavy (non-hydrogen) atoms. The fourth-order valence-electron chi connectivity index (χ4n) is 2.21. The van der Waals surface area contributed by atoms with E-state index in [9.17, 15) is 0 Å². The highest BCUT2D eigenvalue weighted by molar-refractivity contribution is 5.65. The molecule has 0 aliphatic heterocycles. The van der Waals surface area contributed by atoms with E-state index in [2.05, 4.69) is 9.38 Å². The normalized spacial score (nSPS) is 10.8. The van der Waals surface area contributed by atoms with Crippen molar-refractivity contribution in [2.75, 3.05) is 7.11 Å². The van der Waals surface area contributed by atoms with Crippen molar-refractivity contribution in [1.82, 2.24) is 9.38 Å². The topological polar surface area (TPSA) is 52.5 Å². The second-order valence-corrected chi connectivity index (χ2v) is 4.30. The van der Waals surface area contributed by atoms with Gasteiger partial charge in [-0.25, -0.2) is 4.98 Å². The molecule has 2 aromatic heterocycles. The van der Waals surface area contributed by atoms with Crippen LogP contribution >= 0.6 is 0 Å². The molecular formula is C15H15N3O. The van der Waals surface area contributed by atoms with Crippen molar-refractivity contribution >= 4 is 5.52 Å². The molecule has 2 heterocycles. The van der Waals surface area contributed by atoms with E-state index in [1.165, 1.54) is 0 Å². The maximum Gasteiger partial charge on any atom is 0.144 e. The second kappa shape index (κ2) is 4.74. The van der Waals surface area contributed by atoms with Gasteiger partial charge >= 0.3 is 0 Å². The van der Waals surface area contributed by atoms with Gasteiger partial charge < -0.3 is 10.5 Å². The molecule has 4 heteroatoms. The molecule has 0 aliphatic rings. The highest BCUT2D eigenvalue weighted by Gasteiger charge is 2.08. The van der Waals surface area contributed by atoms with Crippen molar-refractivity contribution < 1.29 is 4.74 Å². The molecular weight excluding hydrogens is 238 g/mol. The van der Waals surface area contributed by atoms with Crippen LogP contribution in [-0.2, 0) is 6.54 Å². The summed E-state index contributed by atoms with van der Waals surface area (Å²) < 4.78 is 7.23. The summed E-state index contributed by atoms with van der Waals surface area (Å²) in [5.74, 6) is 1.75. The summed E-state index contributed by atoms with van der Waals surface area (Å²) in [7, 11) is 1.66. The third kappa shape index (κ3) is 1.96. The van der Waals surface area contributed by atoms with Crippen LogP contribution in [0.4, 0.5) is 0 Å². The average Bonchev–Trinajstić information content (AvgIpc) is 2.91. The standard InChI is InChI=1S/C15H15N3O/c1-19-13-6-4-11(5-7-13)15-17-10-14-12(9-16)3-2-8-18(14)15/h2-8,10H,9,16H2,1H3. The molecule has 96 valence electrons. The Labute approximate surface area is 111 Å². The summed E-state index contributed by atoms with van der Waals surface area (Å²) >= 11 is 0. The third-order valence-corrected chi connectivity index (χ3v) is 3.23. The molecule has 1 aromatic carbocycles. The first-order valence-corrected chi connectivity index (χ1v) is 6.13. The lowest BCUT2D eigenvalue weighted by Crippen LogP contribution is -1.99. The predicted molar refractivity (Wildman–Crippen MR) is 75.1 cm³/mol. The Balaban J connectivity index is 2.14. The van der Waals surface area contributed by atoms with Crippen LogP contribution in [0.5, 0.6) is 5.75 Å². The number of aromatic nitrogens is 2. The fraction of sp³-hybridized carbons (Fsp3) is 0.133. The zero-order valence-corrected chi connectivity index (χ0v) is 10.7. The molecule has 0 bridgehead atoms. The van der Waals surface area contributed by atoms with Crippen LogP contribution in [0.25, 0.3) is 16.9 Å². The third-order valence-electron chi connectivity index (χ3n) is 3.23. The van der Waals surface area contributed by atoms with Gasteiger partial charge in [0.05, 0.1) is 18.8 Å². The minimum Gasteiger partial charge on any atom is -0.497 e. The smallest absolute Gasteiger partial charge is 0.144 e. The van der Waals surface area contributed by atoms with Gasteiger partial charge in [0.1, 0.15) is 11.6 Å². The van der Waals surface area contributed by atoms with E-state index in [-0.39, 0.29) is 0 Å². The number of methoxy groups -OCH3 is 1. The number of benzene rings is 1. The first-order valence-electron chi connectivity index (χ1n) is 6.13. The molecule has 3 rings (SSSR count). The van der Waals surface area contributed by atoms with Crippen molar-refractivity contribution in [2.24, 2.45) is 5.73 Å². The van der Waals surface area contributed by atoms with Crippen LogP contribution < -0.4 is 10.5 Å². The van der Waals surface area contributed by atoms with Gasteiger partial charge in [0.15, 0.2) is 0 Å². The Hall–Kier alpha value is -2.33. The number of nitrogens with two attached hydrogens (primary N) is 1. The Morgan fingerprint density at radius 1 is 1.21 bits per heavy atom. The number of hydrogen-bond acceptors (Lipinski definition) is 3. The number of rotatable bonds is 3. The molecule has 2 N–H and O–H groups in total. The van der Waals surface area contributed by atoms with Gasteiger partial charge in [-0.05, 0) is 35.9 Å². The largest absolute Gasteiger partial charge is 0.497 e. The summed E-state index contributed by atoms with van der Waals surface area (Å²) in [5, 5.41) is 0. The number of ether oxygens (including phenoxy) is 1. The van der Waals surface area contributed by atoms with Crippen LogP contribution in [-0.4, -0.2) is 16.5 Å². The first kappa shape index (κ1) is 11.7. The van der Waals surface area contributed by atoms with Crippen molar-refractivity contribution in [3.05, 3.63) is 54.4 Å². The van der Waals surface area contributed by atoms with Crippen molar-refractivity contribution in [3.8, 4) is 17.1 Å². The van der Waals surface area contributed by atoms with Crippen LogP contribution in [0.2, 0.25) is 0 Å². The van der Waals surface area contributed by atoms with E-state index >= 15 is 0 Å². The number of hydrogen-bond donors (Lipinski definition) is 1. The predicted octanol–water partition coefficient (Wildman–Crippen LogP) is 2.47. The molecule has 0 saturated heterocycles. The fourth-order valence-corrected chi connectivity index (χ4v) is 2.21. The lowest BCUT2D eigenvalue weighted by atomic mass is 10.2. The quantitative estimate of drug-likeness (QED) is 0.780. The van der Waals surface area contributed by atoms with Crippen LogP contribution in [0.15, 0.2) is 48.8 Å². The minimum absolute atomic E-state index is 0.512. The average molecular weight is 253 g/mol. The van der Waals surface area contributed by atoms with Gasteiger partial charge in [0.25, 0.3) is 0 Å². The Kier molecular flexibility index (Phi) is 2.93. The van der Waals surface area contributed by atoms with E-state index in [0.29, 0.717) is 6.54 Å². The maximum absolute atomic E-state index is 5.74. The van der Waals surface area contributed by atoms with Gasteiger partial charge in [-0.15, -0.1) is 0 Å². The molecule has 3 aromatic rings. The molecule has 0 fully saturated rings. The van der Waals surface area contributed by atoms with E-state index in [1.54, 1.807) is 7.11 Å². The Morgan fingerprint density at radius 3 is 2.68 bits per heavy atom. The number of pyridine rings is 1. The van der Waals surface area contributed by atoms with E-state index < -0.39 is 0 Å². The van der Waals surface area contributed by atoms with E-state index in [0.717, 1.165) is 28.2 Å². The van der Waals surface area contributed by atoms with Gasteiger partial charge in [-0.2, -0.15) is 0 Å². The molecule has 0 aliphatic carbocycles. The molecule has 0 spiro atoms. The summed E-state index contributed by atoms with van der Waals surface area (Å²) in [5.41, 5.74) is 8.94. The summed E-state index contributed by atoms with van der Waals surface area (Å²) in [6, 6.07) is 11.9. The molecule has 0 radical (unpaired) electrons. The Bertz CT molecular complexity index is 701. The van der Waals surface area contributed by atoms with Crippen molar-refractivity contribution in [3.63, 3.8) is 0 Å². The van der Waals surface area contributed by atoms with Crippen molar-refractivity contribution in [1.29, 1.82) is 0 Å². The zero-order valence-electron chi connectivity index (χ0n) is 10.7. The van der Waals surface area contributed by atoms with Gasteiger partial charge in [0, 0.05) is 18.3 Å². The van der Waals surface area contributed by atoms with Crippen molar-refractivity contribution in [2.45, 2.75) is 6.54 Å². The Morgan fingerprint density at radius 2 is 2.00 bits per heavy atom. The molecule has 0 amide bonds. The summed E-state index contributed by atoms with van der Waals surface area (Å²) in [6.45, 7) is 0.512. The van der Waals surface area contributed by atoms with Crippen LogP contribution in [0.1, 0.15) is 5.56 Å². The molecule has 4 nitrogen and oxygen atoms in total. The monoisotopic (exact) mass is 253 g/mol. The first-order chi connectivity index (χ1) is 9.33. The second-order valence-electron chi connectivity index (χ2n) is 4.30. The van der Waals surface area contributed by atoms with Crippen LogP contribution in [0.3, 0.4) is 0 Å². The number of imidazole rings is 1. The molecule has 0 unspecified atom stereocenters. The van der Waals surface area contributed by atoms with Crippen LogP contribution in [0, 0.1) is 0 Å². The number of fused-ring (bicyclic) bond motifs is 1. The highest BCUT2D eigenvalue weighted by atomic mass is 16.5. The number of nitrogens with zero attached hydrogens (tertiary/aromatic N) is 2. The van der Waals surface area contributed by atoms with Gasteiger partial charge in [-0.1, -0.05) is 6.07 Å². The van der Waals surface area contributed by atoms with E-state index in [1.807, 2.05) is 48.8 Å². The summed E-state index contributed by atoms with van der Waals surface area (Å²) in [6.07, 6.45) is 3.86. The lowest BCUT2D eigenvalue weighted by molar-refractivity contribution is 0.415. The van der Waals surface area contributed by atoms with Gasteiger partial charge in [-0.3, -0.25) is 4.40 Å².